The fraction of sp³-hybridized carbons (Fsp3) is 0.312. The minimum atomic E-state index is -0.704. The first-order valence-corrected chi connectivity index (χ1v) is 8.68. The van der Waals surface area contributed by atoms with Crippen molar-refractivity contribution in [3.8, 4) is 5.75 Å². The van der Waals surface area contributed by atoms with E-state index < -0.39 is 22.4 Å². The van der Waals surface area contributed by atoms with Gasteiger partial charge < -0.3 is 4.74 Å². The van der Waals surface area contributed by atoms with Gasteiger partial charge in [0.25, 0.3) is 11.5 Å². The predicted molar refractivity (Wildman–Crippen MR) is 98.7 cm³/mol. The summed E-state index contributed by atoms with van der Waals surface area (Å²) in [6.07, 6.45) is 1.55. The third-order valence-electron chi connectivity index (χ3n) is 2.96. The molecule has 0 aliphatic rings. The SMILES string of the molecule is CC(C)Oc1cccc(/C=N/NC(=O)C(C)Sc2n[nH]c(=O)[nH]c2=O)c1. The summed E-state index contributed by atoms with van der Waals surface area (Å²) >= 11 is 0.912. The molecule has 10 heteroatoms. The zero-order valence-electron chi connectivity index (χ0n) is 14.5. The van der Waals surface area contributed by atoms with E-state index in [9.17, 15) is 14.4 Å². The molecule has 0 saturated carbocycles. The standard InChI is InChI=1S/C16H19N5O4S/c1-9(2)25-12-6-4-5-11(7-12)8-17-19-13(22)10(3)26-15-14(23)18-16(24)21-20-15/h4-10H,1-3H3,(H,19,22)(H2,18,21,23,24)/b17-8+. The second-order valence-electron chi connectivity index (χ2n) is 5.55. The highest BCUT2D eigenvalue weighted by Crippen LogP contribution is 2.16. The van der Waals surface area contributed by atoms with Crippen LogP contribution in [0.15, 0.2) is 44.0 Å². The molecule has 0 spiro atoms. The molecule has 138 valence electrons. The number of rotatable bonds is 7. The van der Waals surface area contributed by atoms with Gasteiger partial charge in [-0.25, -0.2) is 15.3 Å². The molecule has 1 unspecified atom stereocenters. The van der Waals surface area contributed by atoms with Crippen LogP contribution in [-0.2, 0) is 4.79 Å². The number of thioether (sulfide) groups is 1. The molecule has 3 N–H and O–H groups in total. The van der Waals surface area contributed by atoms with Crippen LogP contribution in [0.3, 0.4) is 0 Å². The van der Waals surface area contributed by atoms with E-state index in [1.165, 1.54) is 6.21 Å². The van der Waals surface area contributed by atoms with E-state index in [4.69, 9.17) is 4.74 Å². The number of amides is 1. The average Bonchev–Trinajstić information content (AvgIpc) is 2.57. The number of carbonyl (C=O) groups excluding carboxylic acids is 1. The maximum Gasteiger partial charge on any atom is 0.342 e. The largest absolute Gasteiger partial charge is 0.491 e. The van der Waals surface area contributed by atoms with E-state index in [1.54, 1.807) is 13.0 Å². The number of aromatic amines is 2. The van der Waals surface area contributed by atoms with E-state index in [0.717, 1.165) is 17.3 Å². The Labute approximate surface area is 153 Å². The minimum Gasteiger partial charge on any atom is -0.491 e. The van der Waals surface area contributed by atoms with Gasteiger partial charge in [0.1, 0.15) is 5.75 Å². The number of carbonyl (C=O) groups is 1. The molecule has 1 amide bonds. The Hall–Kier alpha value is -2.88. The lowest BCUT2D eigenvalue weighted by atomic mass is 10.2. The molecule has 1 heterocycles. The lowest BCUT2D eigenvalue weighted by Crippen LogP contribution is -2.30. The maximum absolute atomic E-state index is 12.0. The van der Waals surface area contributed by atoms with Crippen molar-refractivity contribution in [3.63, 3.8) is 0 Å². The van der Waals surface area contributed by atoms with Crippen LogP contribution in [0.5, 0.6) is 5.75 Å². The lowest BCUT2D eigenvalue weighted by Gasteiger charge is -2.09. The number of hydrazone groups is 1. The third-order valence-corrected chi connectivity index (χ3v) is 4.02. The number of ether oxygens (including phenoxy) is 1. The zero-order valence-corrected chi connectivity index (χ0v) is 15.3. The van der Waals surface area contributed by atoms with Crippen molar-refractivity contribution in [1.29, 1.82) is 0 Å². The quantitative estimate of drug-likeness (QED) is 0.373. The fourth-order valence-electron chi connectivity index (χ4n) is 1.84. The van der Waals surface area contributed by atoms with Gasteiger partial charge in [0.05, 0.1) is 17.6 Å². The highest BCUT2D eigenvalue weighted by Gasteiger charge is 2.16. The predicted octanol–water partition coefficient (Wildman–Crippen LogP) is 0.876. The highest BCUT2D eigenvalue weighted by molar-refractivity contribution is 8.00. The van der Waals surface area contributed by atoms with Crippen LogP contribution in [0.4, 0.5) is 0 Å². The minimum absolute atomic E-state index is 0.00485. The Morgan fingerprint density at radius 1 is 1.35 bits per heavy atom. The third kappa shape index (κ3) is 5.88. The number of nitrogens with one attached hydrogen (secondary N) is 3. The summed E-state index contributed by atoms with van der Waals surface area (Å²) in [6, 6.07) is 7.29. The summed E-state index contributed by atoms with van der Waals surface area (Å²) in [5.41, 5.74) is 1.81. The van der Waals surface area contributed by atoms with Crippen LogP contribution in [0.25, 0.3) is 0 Å². The molecule has 1 atom stereocenters. The number of benzene rings is 1. The molecule has 2 rings (SSSR count). The number of nitrogens with zero attached hydrogens (tertiary/aromatic N) is 2. The van der Waals surface area contributed by atoms with Crippen LogP contribution in [0, 0.1) is 0 Å². The molecule has 0 aliphatic carbocycles. The molecule has 0 radical (unpaired) electrons. The van der Waals surface area contributed by atoms with E-state index >= 15 is 0 Å². The van der Waals surface area contributed by atoms with E-state index in [-0.39, 0.29) is 11.1 Å². The number of H-pyrrole nitrogens is 2. The Balaban J connectivity index is 1.94. The topological polar surface area (TPSA) is 129 Å². The van der Waals surface area contributed by atoms with Crippen molar-refractivity contribution in [2.45, 2.75) is 37.2 Å². The Morgan fingerprint density at radius 2 is 2.12 bits per heavy atom. The first-order chi connectivity index (χ1) is 12.3. The molecular weight excluding hydrogens is 358 g/mol. The highest BCUT2D eigenvalue weighted by atomic mass is 32.2. The molecule has 0 aliphatic heterocycles. The van der Waals surface area contributed by atoms with Crippen molar-refractivity contribution in [2.75, 3.05) is 0 Å². The lowest BCUT2D eigenvalue weighted by molar-refractivity contribution is -0.120. The second-order valence-corrected chi connectivity index (χ2v) is 6.87. The molecular formula is C16H19N5O4S. The van der Waals surface area contributed by atoms with E-state index in [1.807, 2.05) is 37.0 Å². The van der Waals surface area contributed by atoms with Gasteiger partial charge in [0, 0.05) is 0 Å². The van der Waals surface area contributed by atoms with Crippen LogP contribution < -0.4 is 21.4 Å². The van der Waals surface area contributed by atoms with Gasteiger partial charge in [-0.2, -0.15) is 10.2 Å². The van der Waals surface area contributed by atoms with Gasteiger partial charge in [0.2, 0.25) is 0 Å². The van der Waals surface area contributed by atoms with E-state index in [2.05, 4.69) is 20.7 Å². The van der Waals surface area contributed by atoms with Crippen LogP contribution >= 0.6 is 11.8 Å². The van der Waals surface area contributed by atoms with Gasteiger partial charge in [-0.1, -0.05) is 23.9 Å². The Kier molecular flexibility index (Phi) is 6.73. The van der Waals surface area contributed by atoms with Crippen molar-refractivity contribution in [3.05, 3.63) is 50.7 Å². The second kappa shape index (κ2) is 8.99. The first-order valence-electron chi connectivity index (χ1n) is 7.80. The number of hydrogen-bond donors (Lipinski definition) is 3. The molecule has 1 aromatic carbocycles. The summed E-state index contributed by atoms with van der Waals surface area (Å²) in [5, 5.41) is 8.99. The molecule has 1 aromatic heterocycles. The van der Waals surface area contributed by atoms with Crippen LogP contribution in [0.1, 0.15) is 26.3 Å². The molecule has 0 bridgehead atoms. The Morgan fingerprint density at radius 3 is 2.81 bits per heavy atom. The van der Waals surface area contributed by atoms with Crippen molar-refractivity contribution < 1.29 is 9.53 Å². The summed E-state index contributed by atoms with van der Waals surface area (Å²) in [6.45, 7) is 5.46. The summed E-state index contributed by atoms with van der Waals surface area (Å²) in [7, 11) is 0. The molecule has 2 aromatic rings. The fourth-order valence-corrected chi connectivity index (χ4v) is 2.59. The molecule has 0 saturated heterocycles. The summed E-state index contributed by atoms with van der Waals surface area (Å²) in [4.78, 5) is 36.6. The van der Waals surface area contributed by atoms with Crippen molar-refractivity contribution in [2.24, 2.45) is 5.10 Å². The van der Waals surface area contributed by atoms with Crippen molar-refractivity contribution in [1.82, 2.24) is 20.6 Å². The normalized spacial score (nSPS) is 12.3. The van der Waals surface area contributed by atoms with Gasteiger partial charge in [-0.05, 0) is 38.5 Å². The van der Waals surface area contributed by atoms with Gasteiger partial charge >= 0.3 is 5.69 Å². The van der Waals surface area contributed by atoms with Crippen LogP contribution in [-0.4, -0.2) is 38.7 Å². The van der Waals surface area contributed by atoms with Gasteiger partial charge in [-0.15, -0.1) is 0 Å². The van der Waals surface area contributed by atoms with Gasteiger partial charge in [0.15, 0.2) is 5.03 Å². The number of hydrogen-bond acceptors (Lipinski definition) is 7. The monoisotopic (exact) mass is 377 g/mol. The summed E-state index contributed by atoms with van der Waals surface area (Å²) < 4.78 is 5.59. The molecule has 26 heavy (non-hydrogen) atoms. The molecule has 0 fully saturated rings. The van der Waals surface area contributed by atoms with Crippen molar-refractivity contribution >= 4 is 23.9 Å². The smallest absolute Gasteiger partial charge is 0.342 e. The van der Waals surface area contributed by atoms with Gasteiger partial charge in [-0.3, -0.25) is 14.6 Å². The first kappa shape index (κ1) is 19.4. The molecule has 9 nitrogen and oxygen atoms in total. The average molecular weight is 377 g/mol. The maximum atomic E-state index is 12.0. The number of aromatic nitrogens is 3. The summed E-state index contributed by atoms with van der Waals surface area (Å²) in [5.74, 6) is 0.302. The Bertz CT molecular complexity index is 906. The van der Waals surface area contributed by atoms with E-state index in [0.29, 0.717) is 5.75 Å². The van der Waals surface area contributed by atoms with Crippen LogP contribution in [0.2, 0.25) is 0 Å². The zero-order chi connectivity index (χ0) is 19.1.